The Morgan fingerprint density at radius 1 is 1.03 bits per heavy atom. The number of anilines is 1. The molecule has 0 amide bonds. The molecule has 1 fully saturated rings. The molecule has 1 N–H and O–H groups in total. The highest BCUT2D eigenvalue weighted by Gasteiger charge is 2.13. The van der Waals surface area contributed by atoms with E-state index in [0.29, 0.717) is 16.6 Å². The van der Waals surface area contributed by atoms with Crippen LogP contribution in [-0.4, -0.2) is 50.8 Å². The summed E-state index contributed by atoms with van der Waals surface area (Å²) in [6, 6.07) is 5.49. The number of nitrogens with zero attached hydrogens (tertiary/aromatic N) is 5. The van der Waals surface area contributed by atoms with Crippen molar-refractivity contribution in [3.8, 4) is 0 Å². The van der Waals surface area contributed by atoms with Gasteiger partial charge in [0.05, 0.1) is 18.1 Å². The molecule has 0 saturated carbocycles. The first-order chi connectivity index (χ1) is 13.2. The molecule has 3 aromatic rings. The molecule has 4 rings (SSSR count). The smallest absolute Gasteiger partial charge is 0.163 e. The Morgan fingerprint density at radius 2 is 1.83 bits per heavy atom. The Bertz CT molecular complexity index is 926. The van der Waals surface area contributed by atoms with Crippen LogP contribution in [0.4, 0.5) is 5.82 Å². The van der Waals surface area contributed by atoms with Crippen LogP contribution >= 0.6 is 48.0 Å². The standard InChI is InChI=1S/C19H22Cl2N6.2ClH/c20-15-5-4-14(17(21)10-15)12-27-19-16(11-25-27)18(23-13-24-19)22-6-9-26-7-2-1-3-8-26;;/h4-5,10-11,13H,1-3,6-9,12H2,(H,22,23,24);2*1H. The number of fused-ring (bicyclic) bond motifs is 1. The maximum atomic E-state index is 6.30. The predicted molar refractivity (Wildman–Crippen MR) is 124 cm³/mol. The molecule has 3 heterocycles. The average molecular weight is 478 g/mol. The van der Waals surface area contributed by atoms with Crippen molar-refractivity contribution in [1.82, 2.24) is 24.6 Å². The minimum absolute atomic E-state index is 0. The van der Waals surface area contributed by atoms with Crippen LogP contribution in [0.5, 0.6) is 0 Å². The van der Waals surface area contributed by atoms with Crippen LogP contribution in [0, 0.1) is 0 Å². The number of hydrogen-bond donors (Lipinski definition) is 1. The molecule has 29 heavy (non-hydrogen) atoms. The van der Waals surface area contributed by atoms with E-state index in [1.54, 1.807) is 12.4 Å². The van der Waals surface area contributed by atoms with Gasteiger partial charge in [-0.05, 0) is 43.6 Å². The van der Waals surface area contributed by atoms with E-state index in [-0.39, 0.29) is 24.8 Å². The number of benzene rings is 1. The molecule has 1 aliphatic heterocycles. The zero-order chi connectivity index (χ0) is 18.6. The van der Waals surface area contributed by atoms with E-state index in [1.807, 2.05) is 23.0 Å². The fourth-order valence-electron chi connectivity index (χ4n) is 3.48. The van der Waals surface area contributed by atoms with Gasteiger partial charge in [0.1, 0.15) is 12.1 Å². The summed E-state index contributed by atoms with van der Waals surface area (Å²) in [7, 11) is 0. The largest absolute Gasteiger partial charge is 0.368 e. The van der Waals surface area contributed by atoms with Gasteiger partial charge in [0, 0.05) is 23.1 Å². The van der Waals surface area contributed by atoms with Crippen molar-refractivity contribution in [3.63, 3.8) is 0 Å². The minimum Gasteiger partial charge on any atom is -0.368 e. The third kappa shape index (κ3) is 5.86. The third-order valence-corrected chi connectivity index (χ3v) is 5.52. The van der Waals surface area contributed by atoms with E-state index in [1.165, 1.54) is 32.4 Å². The van der Waals surface area contributed by atoms with E-state index in [9.17, 15) is 0 Å². The monoisotopic (exact) mass is 476 g/mol. The zero-order valence-corrected chi connectivity index (χ0v) is 19.0. The second-order valence-electron chi connectivity index (χ2n) is 6.83. The van der Waals surface area contributed by atoms with E-state index in [4.69, 9.17) is 23.2 Å². The molecule has 2 aromatic heterocycles. The average Bonchev–Trinajstić information content (AvgIpc) is 3.09. The van der Waals surface area contributed by atoms with Crippen molar-refractivity contribution in [1.29, 1.82) is 0 Å². The second kappa shape index (κ2) is 11.2. The normalized spacial score (nSPS) is 14.3. The highest BCUT2D eigenvalue weighted by Crippen LogP contribution is 2.24. The second-order valence-corrected chi connectivity index (χ2v) is 7.67. The number of piperidine rings is 1. The predicted octanol–water partition coefficient (Wildman–Crippen LogP) is 4.92. The quantitative estimate of drug-likeness (QED) is 0.545. The molecule has 0 spiro atoms. The van der Waals surface area contributed by atoms with E-state index < -0.39 is 0 Å². The van der Waals surface area contributed by atoms with Crippen molar-refractivity contribution in [3.05, 3.63) is 46.3 Å². The Kier molecular flexibility index (Phi) is 9.24. The Hall–Kier alpha value is -1.31. The third-order valence-electron chi connectivity index (χ3n) is 4.94. The van der Waals surface area contributed by atoms with Crippen LogP contribution in [0.25, 0.3) is 11.0 Å². The maximum Gasteiger partial charge on any atom is 0.163 e. The first-order valence-corrected chi connectivity index (χ1v) is 10.0. The number of rotatable bonds is 6. The van der Waals surface area contributed by atoms with Crippen LogP contribution in [0.3, 0.4) is 0 Å². The molecule has 0 aliphatic carbocycles. The van der Waals surface area contributed by atoms with Gasteiger partial charge in [0.2, 0.25) is 0 Å². The molecular weight excluding hydrogens is 454 g/mol. The molecule has 1 saturated heterocycles. The van der Waals surface area contributed by atoms with Gasteiger partial charge in [-0.1, -0.05) is 35.7 Å². The number of hydrogen-bond acceptors (Lipinski definition) is 5. The summed E-state index contributed by atoms with van der Waals surface area (Å²) >= 11 is 12.3. The van der Waals surface area contributed by atoms with E-state index >= 15 is 0 Å². The molecular formula is C19H24Cl4N6. The maximum absolute atomic E-state index is 6.30. The topological polar surface area (TPSA) is 58.9 Å². The zero-order valence-electron chi connectivity index (χ0n) is 15.9. The first-order valence-electron chi connectivity index (χ1n) is 9.27. The number of nitrogens with one attached hydrogen (secondary N) is 1. The van der Waals surface area contributed by atoms with Crippen LogP contribution in [-0.2, 0) is 6.54 Å². The van der Waals surface area contributed by atoms with Gasteiger partial charge >= 0.3 is 0 Å². The number of halogens is 4. The lowest BCUT2D eigenvalue weighted by Gasteiger charge is -2.26. The Balaban J connectivity index is 0.00000150. The highest BCUT2D eigenvalue weighted by molar-refractivity contribution is 6.35. The van der Waals surface area contributed by atoms with Crippen molar-refractivity contribution in [2.75, 3.05) is 31.5 Å². The Labute approximate surface area is 192 Å². The van der Waals surface area contributed by atoms with E-state index in [2.05, 4.69) is 25.3 Å². The van der Waals surface area contributed by atoms with E-state index in [0.717, 1.165) is 35.5 Å². The number of aromatic nitrogens is 4. The number of likely N-dealkylation sites (tertiary alicyclic amines) is 1. The van der Waals surface area contributed by atoms with Gasteiger partial charge in [0.25, 0.3) is 0 Å². The summed E-state index contributed by atoms with van der Waals surface area (Å²) in [4.78, 5) is 11.3. The minimum atomic E-state index is 0. The molecule has 0 bridgehead atoms. The molecule has 158 valence electrons. The molecule has 10 heteroatoms. The summed E-state index contributed by atoms with van der Waals surface area (Å²) in [6.07, 6.45) is 7.35. The fraction of sp³-hybridized carbons (Fsp3) is 0.421. The fourth-order valence-corrected chi connectivity index (χ4v) is 3.94. The first kappa shape index (κ1) is 24.0. The molecule has 0 unspecified atom stereocenters. The van der Waals surface area contributed by atoms with Gasteiger partial charge in [-0.15, -0.1) is 24.8 Å². The van der Waals surface area contributed by atoms with Crippen LogP contribution in [0.2, 0.25) is 10.0 Å². The van der Waals surface area contributed by atoms with Crippen LogP contribution in [0.15, 0.2) is 30.7 Å². The van der Waals surface area contributed by atoms with Gasteiger partial charge < -0.3 is 10.2 Å². The summed E-state index contributed by atoms with van der Waals surface area (Å²) in [5.41, 5.74) is 1.74. The molecule has 0 radical (unpaired) electrons. The Morgan fingerprint density at radius 3 is 2.59 bits per heavy atom. The van der Waals surface area contributed by atoms with Gasteiger partial charge in [-0.25, -0.2) is 14.6 Å². The lowest BCUT2D eigenvalue weighted by atomic mass is 10.1. The summed E-state index contributed by atoms with van der Waals surface area (Å²) < 4.78 is 1.84. The van der Waals surface area contributed by atoms with Gasteiger partial charge in [0.15, 0.2) is 5.65 Å². The van der Waals surface area contributed by atoms with Crippen molar-refractivity contribution in [2.45, 2.75) is 25.8 Å². The van der Waals surface area contributed by atoms with Gasteiger partial charge in [-0.2, -0.15) is 5.10 Å². The van der Waals surface area contributed by atoms with Crippen molar-refractivity contribution in [2.24, 2.45) is 0 Å². The molecule has 1 aliphatic rings. The summed E-state index contributed by atoms with van der Waals surface area (Å²) in [6.45, 7) is 4.81. The lowest BCUT2D eigenvalue weighted by molar-refractivity contribution is 0.237. The van der Waals surface area contributed by atoms with Crippen molar-refractivity contribution < 1.29 is 0 Å². The molecule has 1 aromatic carbocycles. The van der Waals surface area contributed by atoms with Crippen molar-refractivity contribution >= 4 is 64.9 Å². The van der Waals surface area contributed by atoms with Crippen LogP contribution in [0.1, 0.15) is 24.8 Å². The molecule has 0 atom stereocenters. The summed E-state index contributed by atoms with van der Waals surface area (Å²) in [5, 5.41) is 10.1. The highest BCUT2D eigenvalue weighted by atomic mass is 35.5. The van der Waals surface area contributed by atoms with Crippen LogP contribution < -0.4 is 5.32 Å². The lowest BCUT2D eigenvalue weighted by Crippen LogP contribution is -2.33. The SMILES string of the molecule is Cl.Cl.Clc1ccc(Cn2ncc3c(NCCN4CCCCC4)ncnc32)c(Cl)c1. The molecule has 6 nitrogen and oxygen atoms in total. The van der Waals surface area contributed by atoms with Gasteiger partial charge in [-0.3, -0.25) is 0 Å². The summed E-state index contributed by atoms with van der Waals surface area (Å²) in [5.74, 6) is 0.825.